The molecule has 1 aliphatic heterocycles. The maximum absolute atomic E-state index is 12.5. The van der Waals surface area contributed by atoms with E-state index in [0.29, 0.717) is 0 Å². The second kappa shape index (κ2) is 5.61. The molecule has 1 unspecified atom stereocenters. The molecule has 1 aromatic carbocycles. The fourth-order valence-corrected chi connectivity index (χ4v) is 2.61. The number of nitrogens with one attached hydrogen (secondary N) is 2. The highest BCUT2D eigenvalue weighted by Crippen LogP contribution is 2.27. The standard InChI is InChI=1S/C15H22N2O2/c1-4-15(8-5-9-16-15)14(18)17-13-7-6-12(19-3)10-11(13)2/h6-7,10,16H,4-5,8-9H2,1-3H3,(H,17,18). The molecule has 0 radical (unpaired) electrons. The first-order valence-corrected chi connectivity index (χ1v) is 6.82. The Morgan fingerprint density at radius 2 is 2.32 bits per heavy atom. The van der Waals surface area contributed by atoms with E-state index in [1.807, 2.05) is 25.1 Å². The van der Waals surface area contributed by atoms with E-state index in [1.54, 1.807) is 7.11 Å². The van der Waals surface area contributed by atoms with Crippen LogP contribution in [0, 0.1) is 6.92 Å². The number of ether oxygens (including phenoxy) is 1. The second-order valence-corrected chi connectivity index (χ2v) is 5.10. The molecule has 1 amide bonds. The van der Waals surface area contributed by atoms with Crippen molar-refractivity contribution < 1.29 is 9.53 Å². The van der Waals surface area contributed by atoms with Crippen LogP contribution in [0.2, 0.25) is 0 Å². The molecule has 104 valence electrons. The molecule has 0 aliphatic carbocycles. The molecular weight excluding hydrogens is 240 g/mol. The first-order valence-electron chi connectivity index (χ1n) is 6.82. The monoisotopic (exact) mass is 262 g/mol. The summed E-state index contributed by atoms with van der Waals surface area (Å²) < 4.78 is 5.17. The lowest BCUT2D eigenvalue weighted by Gasteiger charge is -2.27. The highest BCUT2D eigenvalue weighted by molar-refractivity contribution is 5.98. The van der Waals surface area contributed by atoms with E-state index in [0.717, 1.165) is 42.8 Å². The Balaban J connectivity index is 2.14. The first-order chi connectivity index (χ1) is 9.11. The van der Waals surface area contributed by atoms with E-state index >= 15 is 0 Å². The predicted molar refractivity (Wildman–Crippen MR) is 76.6 cm³/mol. The minimum atomic E-state index is -0.396. The molecule has 2 N–H and O–H groups in total. The highest BCUT2D eigenvalue weighted by Gasteiger charge is 2.39. The molecule has 1 aromatic rings. The van der Waals surface area contributed by atoms with Gasteiger partial charge in [0.2, 0.25) is 5.91 Å². The van der Waals surface area contributed by atoms with Gasteiger partial charge in [-0.15, -0.1) is 0 Å². The predicted octanol–water partition coefficient (Wildman–Crippen LogP) is 2.47. The third-order valence-corrected chi connectivity index (χ3v) is 3.96. The lowest BCUT2D eigenvalue weighted by Crippen LogP contribution is -2.50. The molecule has 1 atom stereocenters. The number of rotatable bonds is 4. The zero-order valence-electron chi connectivity index (χ0n) is 11.9. The lowest BCUT2D eigenvalue weighted by molar-refractivity contribution is -0.122. The fraction of sp³-hybridized carbons (Fsp3) is 0.533. The molecule has 1 heterocycles. The van der Waals surface area contributed by atoms with E-state index in [9.17, 15) is 4.79 Å². The summed E-state index contributed by atoms with van der Waals surface area (Å²) in [6, 6.07) is 5.68. The molecular formula is C15H22N2O2. The molecule has 4 heteroatoms. The molecule has 4 nitrogen and oxygen atoms in total. The lowest BCUT2D eigenvalue weighted by atomic mass is 9.93. The summed E-state index contributed by atoms with van der Waals surface area (Å²) in [7, 11) is 1.64. The topological polar surface area (TPSA) is 50.4 Å². The van der Waals surface area contributed by atoms with E-state index < -0.39 is 5.54 Å². The number of benzene rings is 1. The summed E-state index contributed by atoms with van der Waals surface area (Å²) in [5.41, 5.74) is 1.47. The SMILES string of the molecule is CCC1(C(=O)Nc2ccc(OC)cc2C)CCCN1. The Labute approximate surface area is 114 Å². The Hall–Kier alpha value is -1.55. The average Bonchev–Trinajstić information content (AvgIpc) is 2.91. The van der Waals surface area contributed by atoms with Gasteiger partial charge in [-0.1, -0.05) is 6.92 Å². The van der Waals surface area contributed by atoms with Crippen molar-refractivity contribution in [3.8, 4) is 5.75 Å². The number of carbonyl (C=O) groups is 1. The zero-order valence-corrected chi connectivity index (χ0v) is 11.9. The third-order valence-electron chi connectivity index (χ3n) is 3.96. The van der Waals surface area contributed by atoms with Gasteiger partial charge in [0, 0.05) is 5.69 Å². The number of anilines is 1. The second-order valence-electron chi connectivity index (χ2n) is 5.10. The van der Waals surface area contributed by atoms with Crippen molar-refractivity contribution >= 4 is 11.6 Å². The molecule has 0 spiro atoms. The number of aryl methyl sites for hydroxylation is 1. The van der Waals surface area contributed by atoms with Gasteiger partial charge in [-0.2, -0.15) is 0 Å². The Morgan fingerprint density at radius 3 is 2.84 bits per heavy atom. The number of amides is 1. The van der Waals surface area contributed by atoms with Gasteiger partial charge in [0.05, 0.1) is 12.6 Å². The van der Waals surface area contributed by atoms with Crippen LogP contribution in [0.5, 0.6) is 5.75 Å². The smallest absolute Gasteiger partial charge is 0.244 e. The first kappa shape index (κ1) is 13.9. The number of methoxy groups -OCH3 is 1. The average molecular weight is 262 g/mol. The third kappa shape index (κ3) is 2.73. The number of hydrogen-bond donors (Lipinski definition) is 2. The van der Waals surface area contributed by atoms with Crippen LogP contribution in [0.3, 0.4) is 0 Å². The summed E-state index contributed by atoms with van der Waals surface area (Å²) in [4.78, 5) is 12.5. The summed E-state index contributed by atoms with van der Waals surface area (Å²) in [6.07, 6.45) is 2.78. The molecule has 0 saturated carbocycles. The maximum Gasteiger partial charge on any atom is 0.244 e. The van der Waals surface area contributed by atoms with Crippen molar-refractivity contribution in [2.45, 2.75) is 38.6 Å². The van der Waals surface area contributed by atoms with Crippen LogP contribution in [0.4, 0.5) is 5.69 Å². The molecule has 2 rings (SSSR count). The van der Waals surface area contributed by atoms with Crippen molar-refractivity contribution in [1.29, 1.82) is 0 Å². The van der Waals surface area contributed by atoms with Gasteiger partial charge in [-0.25, -0.2) is 0 Å². The van der Waals surface area contributed by atoms with Crippen molar-refractivity contribution in [2.75, 3.05) is 19.0 Å². The van der Waals surface area contributed by atoms with Crippen LogP contribution in [0.25, 0.3) is 0 Å². The van der Waals surface area contributed by atoms with Gasteiger partial charge in [-0.05, 0) is 56.5 Å². The van der Waals surface area contributed by atoms with Gasteiger partial charge in [0.1, 0.15) is 5.75 Å². The van der Waals surface area contributed by atoms with Crippen LogP contribution in [-0.2, 0) is 4.79 Å². The van der Waals surface area contributed by atoms with Gasteiger partial charge in [-0.3, -0.25) is 4.79 Å². The summed E-state index contributed by atoms with van der Waals surface area (Å²) >= 11 is 0. The largest absolute Gasteiger partial charge is 0.497 e. The van der Waals surface area contributed by atoms with Crippen LogP contribution in [-0.4, -0.2) is 25.1 Å². The molecule has 0 aromatic heterocycles. The minimum Gasteiger partial charge on any atom is -0.497 e. The van der Waals surface area contributed by atoms with Crippen LogP contribution in [0.15, 0.2) is 18.2 Å². The molecule has 0 bridgehead atoms. The highest BCUT2D eigenvalue weighted by atomic mass is 16.5. The number of carbonyl (C=O) groups excluding carboxylic acids is 1. The fourth-order valence-electron chi connectivity index (χ4n) is 2.61. The summed E-state index contributed by atoms with van der Waals surface area (Å²) in [6.45, 7) is 4.94. The Morgan fingerprint density at radius 1 is 1.53 bits per heavy atom. The number of hydrogen-bond acceptors (Lipinski definition) is 3. The van der Waals surface area contributed by atoms with Gasteiger partial charge < -0.3 is 15.4 Å². The Bertz CT molecular complexity index is 465. The van der Waals surface area contributed by atoms with Crippen molar-refractivity contribution in [2.24, 2.45) is 0 Å². The van der Waals surface area contributed by atoms with Crippen molar-refractivity contribution in [3.05, 3.63) is 23.8 Å². The van der Waals surface area contributed by atoms with Crippen molar-refractivity contribution in [1.82, 2.24) is 5.32 Å². The summed E-state index contributed by atoms with van der Waals surface area (Å²) in [5, 5.41) is 6.38. The van der Waals surface area contributed by atoms with Crippen LogP contribution in [0.1, 0.15) is 31.7 Å². The normalized spacial score (nSPS) is 22.3. The molecule has 19 heavy (non-hydrogen) atoms. The molecule has 1 fully saturated rings. The van der Waals surface area contributed by atoms with E-state index in [2.05, 4.69) is 17.6 Å². The van der Waals surface area contributed by atoms with Gasteiger partial charge >= 0.3 is 0 Å². The van der Waals surface area contributed by atoms with E-state index in [1.165, 1.54) is 0 Å². The van der Waals surface area contributed by atoms with Crippen LogP contribution >= 0.6 is 0 Å². The van der Waals surface area contributed by atoms with E-state index in [-0.39, 0.29) is 5.91 Å². The zero-order chi connectivity index (χ0) is 13.9. The minimum absolute atomic E-state index is 0.0702. The van der Waals surface area contributed by atoms with Crippen molar-refractivity contribution in [3.63, 3.8) is 0 Å². The molecule has 1 aliphatic rings. The van der Waals surface area contributed by atoms with E-state index in [4.69, 9.17) is 4.74 Å². The quantitative estimate of drug-likeness (QED) is 0.876. The maximum atomic E-state index is 12.5. The van der Waals surface area contributed by atoms with Crippen LogP contribution < -0.4 is 15.4 Å². The Kier molecular flexibility index (Phi) is 4.10. The van der Waals surface area contributed by atoms with Gasteiger partial charge in [0.15, 0.2) is 0 Å². The van der Waals surface area contributed by atoms with Gasteiger partial charge in [0.25, 0.3) is 0 Å². The summed E-state index contributed by atoms with van der Waals surface area (Å²) in [5.74, 6) is 0.875. The molecule has 1 saturated heterocycles.